The molecule has 154 valence electrons. The number of hydrogen-bond acceptors (Lipinski definition) is 4. The average molecular weight is 402 g/mol. The maximum atomic E-state index is 13.0. The van der Waals surface area contributed by atoms with Gasteiger partial charge in [-0.15, -0.1) is 0 Å². The summed E-state index contributed by atoms with van der Waals surface area (Å²) in [5.74, 6) is 1.49. The number of morpholine rings is 1. The molecule has 0 aromatic heterocycles. The molecule has 1 heterocycles. The van der Waals surface area contributed by atoms with Gasteiger partial charge in [-0.3, -0.25) is 4.79 Å². The first kappa shape index (κ1) is 20.0. The molecule has 0 aliphatic carbocycles. The molecule has 1 saturated heterocycles. The van der Waals surface area contributed by atoms with E-state index in [4.69, 9.17) is 9.47 Å². The molecule has 1 aliphatic rings. The third-order valence-corrected chi connectivity index (χ3v) is 5.21. The summed E-state index contributed by atoms with van der Waals surface area (Å²) in [7, 11) is 0. The second-order valence-electron chi connectivity index (χ2n) is 7.30. The first-order valence-corrected chi connectivity index (χ1v) is 10.3. The van der Waals surface area contributed by atoms with Crippen LogP contribution in [-0.2, 0) is 4.74 Å². The zero-order valence-corrected chi connectivity index (χ0v) is 17.1. The Morgan fingerprint density at radius 2 is 1.53 bits per heavy atom. The first-order valence-electron chi connectivity index (χ1n) is 10.3. The molecule has 1 atom stereocenters. The highest BCUT2D eigenvalue weighted by atomic mass is 16.5. The van der Waals surface area contributed by atoms with Gasteiger partial charge in [0.1, 0.15) is 11.5 Å². The van der Waals surface area contributed by atoms with Crippen LogP contribution in [0, 0.1) is 0 Å². The molecule has 5 heteroatoms. The number of nitrogens with one attached hydrogen (secondary N) is 1. The van der Waals surface area contributed by atoms with Gasteiger partial charge in [0.2, 0.25) is 0 Å². The zero-order valence-electron chi connectivity index (χ0n) is 17.1. The van der Waals surface area contributed by atoms with E-state index < -0.39 is 0 Å². The van der Waals surface area contributed by atoms with Crippen LogP contribution in [0.3, 0.4) is 0 Å². The third-order valence-electron chi connectivity index (χ3n) is 5.21. The molecule has 1 amide bonds. The van der Waals surface area contributed by atoms with Gasteiger partial charge in [0.05, 0.1) is 24.8 Å². The van der Waals surface area contributed by atoms with Crippen molar-refractivity contribution in [3.63, 3.8) is 0 Å². The van der Waals surface area contributed by atoms with Gasteiger partial charge in [-0.1, -0.05) is 42.5 Å². The molecule has 1 fully saturated rings. The zero-order chi connectivity index (χ0) is 20.8. The standard InChI is InChI=1S/C25H26N2O3/c1-19(20-11-13-22(14-12-20)30-21-7-3-2-4-8-21)26-25(28)23-9-5-6-10-24(23)27-15-17-29-18-16-27/h2-14,19H,15-18H2,1H3,(H,26,28). The highest BCUT2D eigenvalue weighted by Gasteiger charge is 2.19. The Morgan fingerprint density at radius 1 is 0.900 bits per heavy atom. The quantitative estimate of drug-likeness (QED) is 0.643. The highest BCUT2D eigenvalue weighted by molar-refractivity contribution is 6.00. The van der Waals surface area contributed by atoms with Crippen molar-refractivity contribution in [2.45, 2.75) is 13.0 Å². The monoisotopic (exact) mass is 402 g/mol. The molecule has 3 aromatic rings. The predicted octanol–water partition coefficient (Wildman–Crippen LogP) is 4.81. The van der Waals surface area contributed by atoms with Crippen LogP contribution in [0.15, 0.2) is 78.9 Å². The number of benzene rings is 3. The summed E-state index contributed by atoms with van der Waals surface area (Å²) in [6.07, 6.45) is 0. The summed E-state index contributed by atoms with van der Waals surface area (Å²) in [6.45, 7) is 4.95. The molecule has 5 nitrogen and oxygen atoms in total. The van der Waals surface area contributed by atoms with E-state index in [1.807, 2.05) is 85.8 Å². The van der Waals surface area contributed by atoms with Crippen molar-refractivity contribution in [3.05, 3.63) is 90.0 Å². The highest BCUT2D eigenvalue weighted by Crippen LogP contribution is 2.25. The van der Waals surface area contributed by atoms with Crippen LogP contribution in [0.5, 0.6) is 11.5 Å². The van der Waals surface area contributed by atoms with Crippen LogP contribution in [-0.4, -0.2) is 32.2 Å². The lowest BCUT2D eigenvalue weighted by Crippen LogP contribution is -2.38. The molecule has 1 unspecified atom stereocenters. The molecule has 0 radical (unpaired) electrons. The second kappa shape index (κ2) is 9.46. The maximum Gasteiger partial charge on any atom is 0.253 e. The van der Waals surface area contributed by atoms with Crippen molar-refractivity contribution in [2.75, 3.05) is 31.2 Å². The molecule has 0 saturated carbocycles. The van der Waals surface area contributed by atoms with Gasteiger partial charge >= 0.3 is 0 Å². The van der Waals surface area contributed by atoms with E-state index in [1.54, 1.807) is 0 Å². The summed E-state index contributed by atoms with van der Waals surface area (Å²) in [6, 6.07) is 25.1. The van der Waals surface area contributed by atoms with Gasteiger partial charge < -0.3 is 19.7 Å². The van der Waals surface area contributed by atoms with Crippen molar-refractivity contribution >= 4 is 11.6 Å². The van der Waals surface area contributed by atoms with Gasteiger partial charge in [0.25, 0.3) is 5.91 Å². The first-order chi connectivity index (χ1) is 14.7. The van der Waals surface area contributed by atoms with Crippen LogP contribution in [0.25, 0.3) is 0 Å². The van der Waals surface area contributed by atoms with Crippen LogP contribution in [0.4, 0.5) is 5.69 Å². The summed E-state index contributed by atoms with van der Waals surface area (Å²) in [5.41, 5.74) is 2.67. The number of rotatable bonds is 6. The molecule has 3 aromatic carbocycles. The van der Waals surface area contributed by atoms with E-state index >= 15 is 0 Å². The normalized spacial score (nSPS) is 14.8. The van der Waals surface area contributed by atoms with Gasteiger partial charge in [0.15, 0.2) is 0 Å². The smallest absolute Gasteiger partial charge is 0.253 e. The van der Waals surface area contributed by atoms with E-state index in [0.29, 0.717) is 18.8 Å². The van der Waals surface area contributed by atoms with Crippen molar-refractivity contribution < 1.29 is 14.3 Å². The molecule has 1 aliphatic heterocycles. The number of nitrogens with zero attached hydrogens (tertiary/aromatic N) is 1. The molecule has 1 N–H and O–H groups in total. The van der Waals surface area contributed by atoms with Crippen molar-refractivity contribution in [1.82, 2.24) is 5.32 Å². The number of para-hydroxylation sites is 2. The Morgan fingerprint density at radius 3 is 2.27 bits per heavy atom. The lowest BCUT2D eigenvalue weighted by molar-refractivity contribution is 0.0938. The Balaban J connectivity index is 1.42. The second-order valence-corrected chi connectivity index (χ2v) is 7.30. The van der Waals surface area contributed by atoms with E-state index in [0.717, 1.165) is 35.8 Å². The van der Waals surface area contributed by atoms with Gasteiger partial charge in [-0.25, -0.2) is 0 Å². The lowest BCUT2D eigenvalue weighted by Gasteiger charge is -2.30. The lowest BCUT2D eigenvalue weighted by atomic mass is 10.1. The molecular weight excluding hydrogens is 376 g/mol. The Kier molecular flexibility index (Phi) is 6.30. The molecule has 0 spiro atoms. The Hall–Kier alpha value is -3.31. The van der Waals surface area contributed by atoms with E-state index in [2.05, 4.69) is 10.2 Å². The fourth-order valence-electron chi connectivity index (χ4n) is 3.55. The SMILES string of the molecule is CC(NC(=O)c1ccccc1N1CCOCC1)c1ccc(Oc2ccccc2)cc1. The summed E-state index contributed by atoms with van der Waals surface area (Å²) < 4.78 is 11.3. The van der Waals surface area contributed by atoms with Crippen LogP contribution >= 0.6 is 0 Å². The van der Waals surface area contributed by atoms with Gasteiger partial charge in [-0.05, 0) is 48.9 Å². The Bertz CT molecular complexity index is 967. The third kappa shape index (κ3) is 4.81. The number of ether oxygens (including phenoxy) is 2. The minimum Gasteiger partial charge on any atom is -0.457 e. The van der Waals surface area contributed by atoms with Gasteiger partial charge in [-0.2, -0.15) is 0 Å². The fraction of sp³-hybridized carbons (Fsp3) is 0.240. The largest absolute Gasteiger partial charge is 0.457 e. The number of carbonyl (C=O) groups excluding carboxylic acids is 1. The molecule has 30 heavy (non-hydrogen) atoms. The average Bonchev–Trinajstić information content (AvgIpc) is 2.81. The summed E-state index contributed by atoms with van der Waals surface area (Å²) in [5, 5.41) is 3.12. The fourth-order valence-corrected chi connectivity index (χ4v) is 3.55. The maximum absolute atomic E-state index is 13.0. The van der Waals surface area contributed by atoms with Crippen molar-refractivity contribution in [1.29, 1.82) is 0 Å². The van der Waals surface area contributed by atoms with Crippen molar-refractivity contribution in [3.8, 4) is 11.5 Å². The number of carbonyl (C=O) groups is 1. The molecular formula is C25H26N2O3. The van der Waals surface area contributed by atoms with Crippen LogP contribution in [0.1, 0.15) is 28.9 Å². The molecule has 0 bridgehead atoms. The number of hydrogen-bond donors (Lipinski definition) is 1. The van der Waals surface area contributed by atoms with Gasteiger partial charge in [0, 0.05) is 18.8 Å². The van der Waals surface area contributed by atoms with Crippen molar-refractivity contribution in [2.24, 2.45) is 0 Å². The van der Waals surface area contributed by atoms with E-state index in [-0.39, 0.29) is 11.9 Å². The topological polar surface area (TPSA) is 50.8 Å². The number of amides is 1. The van der Waals surface area contributed by atoms with E-state index in [1.165, 1.54) is 0 Å². The van der Waals surface area contributed by atoms with Crippen LogP contribution < -0.4 is 15.0 Å². The minimum atomic E-state index is -0.124. The number of anilines is 1. The predicted molar refractivity (Wildman–Crippen MR) is 118 cm³/mol. The molecule has 4 rings (SSSR count). The minimum absolute atomic E-state index is 0.0748. The van der Waals surface area contributed by atoms with E-state index in [9.17, 15) is 4.79 Å². The summed E-state index contributed by atoms with van der Waals surface area (Å²) in [4.78, 5) is 15.2. The Labute approximate surface area is 177 Å². The van der Waals surface area contributed by atoms with Crippen LogP contribution in [0.2, 0.25) is 0 Å². The summed E-state index contributed by atoms with van der Waals surface area (Å²) >= 11 is 0.